The van der Waals surface area contributed by atoms with Gasteiger partial charge in [0.1, 0.15) is 18.1 Å². The highest BCUT2D eigenvalue weighted by Crippen LogP contribution is 2.28. The topological polar surface area (TPSA) is 157 Å². The number of ether oxygens (including phenoxy) is 1. The Balaban J connectivity index is 1.74. The van der Waals surface area contributed by atoms with Crippen LogP contribution >= 0.6 is 0 Å². The maximum absolute atomic E-state index is 12.0. The number of nitrogen functional groups attached to an aromatic ring is 1. The summed E-state index contributed by atoms with van der Waals surface area (Å²) in [4.78, 5) is 15.7. The van der Waals surface area contributed by atoms with E-state index in [-0.39, 0.29) is 36.2 Å². The predicted octanol–water partition coefficient (Wildman–Crippen LogP) is -2.10. The quantitative estimate of drug-likeness (QED) is 0.421. The Kier molecular flexibility index (Phi) is 5.31. The van der Waals surface area contributed by atoms with Crippen LogP contribution in [-0.2, 0) is 14.8 Å². The van der Waals surface area contributed by atoms with Gasteiger partial charge >= 0.3 is 5.69 Å². The van der Waals surface area contributed by atoms with Crippen molar-refractivity contribution < 1.29 is 23.4 Å². The number of nitrogens with two attached hydrogens (primary N) is 1. The van der Waals surface area contributed by atoms with Crippen LogP contribution in [0.25, 0.3) is 0 Å². The van der Waals surface area contributed by atoms with Gasteiger partial charge in [-0.2, -0.15) is 4.98 Å². The monoisotopic (exact) mass is 384 g/mol. The Morgan fingerprint density at radius 1 is 1.46 bits per heavy atom. The van der Waals surface area contributed by atoms with Gasteiger partial charge in [-0.25, -0.2) is 17.9 Å². The van der Waals surface area contributed by atoms with Crippen LogP contribution in [0.5, 0.6) is 0 Å². The summed E-state index contributed by atoms with van der Waals surface area (Å²) in [6.07, 6.45) is 0.308. The van der Waals surface area contributed by atoms with Gasteiger partial charge in [0.25, 0.3) is 0 Å². The van der Waals surface area contributed by atoms with Gasteiger partial charge in [0.2, 0.25) is 10.0 Å². The molecule has 1 saturated heterocycles. The molecule has 142 valence electrons. The van der Waals surface area contributed by atoms with Gasteiger partial charge < -0.3 is 20.7 Å². The molecule has 10 nitrogen and oxygen atoms in total. The van der Waals surface area contributed by atoms with Crippen molar-refractivity contribution in [2.24, 2.45) is 0 Å². The van der Waals surface area contributed by atoms with E-state index in [4.69, 9.17) is 15.6 Å². The van der Waals surface area contributed by atoms with Gasteiger partial charge in [-0.1, -0.05) is 11.8 Å². The molecule has 1 saturated carbocycles. The van der Waals surface area contributed by atoms with Crippen LogP contribution in [0.15, 0.2) is 11.0 Å². The summed E-state index contributed by atoms with van der Waals surface area (Å²) in [7, 11) is -3.32. The lowest BCUT2D eigenvalue weighted by molar-refractivity contribution is -0.0458. The van der Waals surface area contributed by atoms with E-state index < -0.39 is 34.1 Å². The van der Waals surface area contributed by atoms with Crippen molar-refractivity contribution in [1.82, 2.24) is 14.3 Å². The van der Waals surface area contributed by atoms with Gasteiger partial charge in [-0.15, -0.1) is 0 Å². The SMILES string of the molecule is Nc1nc(=O)n([C@H]2C[C@H](O)[C@@H](CO)O2)cc1C#CCNS(=O)(=O)C1CC1. The van der Waals surface area contributed by atoms with Crippen molar-refractivity contribution in [3.63, 3.8) is 0 Å². The summed E-state index contributed by atoms with van der Waals surface area (Å²) in [5.41, 5.74) is 5.27. The molecule has 0 amide bonds. The van der Waals surface area contributed by atoms with Crippen LogP contribution in [0, 0.1) is 11.8 Å². The molecule has 5 N–H and O–H groups in total. The third-order valence-corrected chi connectivity index (χ3v) is 6.12. The third-order valence-electron chi connectivity index (χ3n) is 4.22. The molecular weight excluding hydrogens is 364 g/mol. The van der Waals surface area contributed by atoms with E-state index in [2.05, 4.69) is 21.5 Å². The van der Waals surface area contributed by atoms with Crippen molar-refractivity contribution in [3.05, 3.63) is 22.2 Å². The summed E-state index contributed by atoms with van der Waals surface area (Å²) in [6.45, 7) is -0.453. The number of hydrogen-bond acceptors (Lipinski definition) is 8. The van der Waals surface area contributed by atoms with Crippen LogP contribution in [0.2, 0.25) is 0 Å². The Labute approximate surface area is 150 Å². The van der Waals surface area contributed by atoms with Crippen LogP contribution < -0.4 is 16.1 Å². The van der Waals surface area contributed by atoms with E-state index in [0.717, 1.165) is 4.57 Å². The lowest BCUT2D eigenvalue weighted by Gasteiger charge is -2.15. The molecule has 1 aromatic rings. The maximum Gasteiger partial charge on any atom is 0.351 e. The van der Waals surface area contributed by atoms with E-state index in [1.807, 2.05) is 0 Å². The molecule has 0 aromatic carbocycles. The van der Waals surface area contributed by atoms with Crippen LogP contribution in [0.1, 0.15) is 31.1 Å². The zero-order valence-corrected chi connectivity index (χ0v) is 14.6. The number of aliphatic hydroxyl groups excluding tert-OH is 2. The summed E-state index contributed by atoms with van der Waals surface area (Å²) < 4.78 is 32.4. The molecule has 11 heteroatoms. The summed E-state index contributed by atoms with van der Waals surface area (Å²) in [5.74, 6) is 5.24. The number of aromatic nitrogens is 2. The zero-order valence-electron chi connectivity index (χ0n) is 13.8. The van der Waals surface area contributed by atoms with Crippen LogP contribution in [-0.4, -0.2) is 58.8 Å². The first kappa shape index (κ1) is 18.8. The highest BCUT2D eigenvalue weighted by Gasteiger charge is 2.36. The number of anilines is 1. The van der Waals surface area contributed by atoms with Gasteiger partial charge in [-0.3, -0.25) is 4.57 Å². The molecule has 1 aliphatic carbocycles. The highest BCUT2D eigenvalue weighted by molar-refractivity contribution is 7.90. The fourth-order valence-corrected chi connectivity index (χ4v) is 3.87. The second kappa shape index (κ2) is 7.34. The molecule has 0 radical (unpaired) electrons. The number of hydrogen-bond donors (Lipinski definition) is 4. The van der Waals surface area contributed by atoms with E-state index in [9.17, 15) is 18.3 Å². The molecule has 1 aromatic heterocycles. The first-order valence-electron chi connectivity index (χ1n) is 8.12. The fraction of sp³-hybridized carbons (Fsp3) is 0.600. The molecular formula is C15H20N4O6S. The molecule has 26 heavy (non-hydrogen) atoms. The Hall–Kier alpha value is -1.97. The van der Waals surface area contributed by atoms with E-state index in [1.165, 1.54) is 6.20 Å². The average molecular weight is 384 g/mol. The maximum atomic E-state index is 12.0. The second-order valence-electron chi connectivity index (χ2n) is 6.21. The minimum absolute atomic E-state index is 0.0807. The van der Waals surface area contributed by atoms with E-state index in [0.29, 0.717) is 12.8 Å². The second-order valence-corrected chi connectivity index (χ2v) is 8.26. The largest absolute Gasteiger partial charge is 0.394 e. The minimum atomic E-state index is -3.32. The van der Waals surface area contributed by atoms with Gasteiger partial charge in [0.15, 0.2) is 0 Å². The van der Waals surface area contributed by atoms with Crippen molar-refractivity contribution in [2.45, 2.75) is 42.9 Å². The first-order valence-corrected chi connectivity index (χ1v) is 9.67. The molecule has 0 bridgehead atoms. The van der Waals surface area contributed by atoms with Crippen molar-refractivity contribution in [2.75, 3.05) is 18.9 Å². The molecule has 2 aliphatic rings. The van der Waals surface area contributed by atoms with Crippen LogP contribution in [0.4, 0.5) is 5.82 Å². The number of aliphatic hydroxyl groups is 2. The lowest BCUT2D eigenvalue weighted by atomic mass is 10.2. The Morgan fingerprint density at radius 2 is 2.19 bits per heavy atom. The van der Waals surface area contributed by atoms with Gasteiger partial charge in [0.05, 0.1) is 30.1 Å². The van der Waals surface area contributed by atoms with Gasteiger partial charge in [-0.05, 0) is 12.8 Å². The first-order chi connectivity index (χ1) is 12.3. The number of nitrogens with zero attached hydrogens (tertiary/aromatic N) is 2. The van der Waals surface area contributed by atoms with Crippen LogP contribution in [0.3, 0.4) is 0 Å². The lowest BCUT2D eigenvalue weighted by Crippen LogP contribution is -2.29. The molecule has 3 rings (SSSR count). The van der Waals surface area contributed by atoms with E-state index in [1.54, 1.807) is 0 Å². The predicted molar refractivity (Wildman–Crippen MR) is 91.4 cm³/mol. The molecule has 0 spiro atoms. The Morgan fingerprint density at radius 3 is 2.81 bits per heavy atom. The summed E-state index contributed by atoms with van der Waals surface area (Å²) in [5, 5.41) is 18.6. The average Bonchev–Trinajstić information content (AvgIpc) is 3.37. The zero-order chi connectivity index (χ0) is 18.9. The van der Waals surface area contributed by atoms with Crippen molar-refractivity contribution >= 4 is 15.8 Å². The minimum Gasteiger partial charge on any atom is -0.394 e. The molecule has 2 heterocycles. The highest BCUT2D eigenvalue weighted by atomic mass is 32.2. The molecule has 3 atom stereocenters. The van der Waals surface area contributed by atoms with Gasteiger partial charge in [0, 0.05) is 12.6 Å². The molecule has 2 fully saturated rings. The smallest absolute Gasteiger partial charge is 0.351 e. The standard InChI is InChI=1S/C15H20N4O6S/c16-14-9(2-1-5-17-26(23,24)10-3-4-10)7-19(15(22)18-14)13-6-11(21)12(8-20)25-13/h7,10-13,17,20-21H,3-6,8H2,(H2,16,18,22)/t11-,12+,13+/m0/s1. The van der Waals surface area contributed by atoms with Crippen molar-refractivity contribution in [1.29, 1.82) is 0 Å². The molecule has 0 unspecified atom stereocenters. The van der Waals surface area contributed by atoms with Crippen molar-refractivity contribution in [3.8, 4) is 11.8 Å². The Bertz CT molecular complexity index is 899. The number of rotatable bonds is 5. The number of nitrogens with one attached hydrogen (secondary N) is 1. The van der Waals surface area contributed by atoms with E-state index >= 15 is 0 Å². The summed E-state index contributed by atoms with van der Waals surface area (Å²) in [6, 6.07) is 0. The number of sulfonamides is 1. The third kappa shape index (κ3) is 4.05. The molecule has 1 aliphatic heterocycles. The summed E-state index contributed by atoms with van der Waals surface area (Å²) >= 11 is 0. The normalized spacial score (nSPS) is 25.7. The fourth-order valence-electron chi connectivity index (χ4n) is 2.61.